The van der Waals surface area contributed by atoms with E-state index in [9.17, 15) is 19.5 Å². The third-order valence-corrected chi connectivity index (χ3v) is 6.20. The molecule has 0 saturated carbocycles. The molecule has 5 rings (SSSR count). The minimum atomic E-state index is -0.846. The zero-order chi connectivity index (χ0) is 25.9. The molecule has 0 spiro atoms. The van der Waals surface area contributed by atoms with Crippen molar-refractivity contribution in [3.8, 4) is 11.5 Å². The number of carbonyl (C=O) groups is 3. The van der Waals surface area contributed by atoms with Gasteiger partial charge in [-0.15, -0.1) is 0 Å². The molecular formula is C28H24N2O7. The van der Waals surface area contributed by atoms with Crippen molar-refractivity contribution in [3.05, 3.63) is 94.8 Å². The zero-order valence-electron chi connectivity index (χ0n) is 20.0. The molecule has 0 aliphatic carbocycles. The summed E-state index contributed by atoms with van der Waals surface area (Å²) in [5, 5.41) is 11.3. The van der Waals surface area contributed by atoms with E-state index in [-0.39, 0.29) is 24.5 Å². The molecule has 1 aromatic heterocycles. The predicted molar refractivity (Wildman–Crippen MR) is 132 cm³/mol. The molecule has 1 saturated heterocycles. The third-order valence-electron chi connectivity index (χ3n) is 6.20. The Morgan fingerprint density at radius 3 is 2.38 bits per heavy atom. The van der Waals surface area contributed by atoms with E-state index in [2.05, 4.69) is 4.98 Å². The molecule has 188 valence electrons. The highest BCUT2D eigenvalue weighted by molar-refractivity contribution is 6.46. The molecule has 2 aliphatic heterocycles. The van der Waals surface area contributed by atoms with E-state index in [1.165, 1.54) is 4.90 Å². The second kappa shape index (κ2) is 10.1. The largest absolute Gasteiger partial charge is 0.507 e. The molecule has 0 radical (unpaired) electrons. The summed E-state index contributed by atoms with van der Waals surface area (Å²) in [6, 6.07) is 14.1. The zero-order valence-corrected chi connectivity index (χ0v) is 20.0. The van der Waals surface area contributed by atoms with Crippen LogP contribution in [0.4, 0.5) is 0 Å². The molecule has 1 atom stereocenters. The summed E-state index contributed by atoms with van der Waals surface area (Å²) in [5.41, 5.74) is 2.01. The number of aliphatic hydroxyl groups excluding tert-OH is 1. The van der Waals surface area contributed by atoms with Crippen molar-refractivity contribution in [2.45, 2.75) is 19.5 Å². The average molecular weight is 501 g/mol. The number of rotatable bonds is 6. The van der Waals surface area contributed by atoms with Gasteiger partial charge in [0.25, 0.3) is 11.7 Å². The number of likely N-dealkylation sites (tertiary alicyclic amines) is 1. The Kier molecular flexibility index (Phi) is 6.59. The van der Waals surface area contributed by atoms with E-state index in [4.69, 9.17) is 14.2 Å². The number of hydrogen-bond donors (Lipinski definition) is 1. The maximum Gasteiger partial charge on any atom is 0.338 e. The monoisotopic (exact) mass is 500 g/mol. The maximum atomic E-state index is 13.3. The number of Topliss-reactive ketones (excluding diaryl/α,β-unsaturated/α-hetero) is 1. The van der Waals surface area contributed by atoms with E-state index in [1.54, 1.807) is 73.9 Å². The van der Waals surface area contributed by atoms with Crippen LogP contribution >= 0.6 is 0 Å². The summed E-state index contributed by atoms with van der Waals surface area (Å²) < 4.78 is 16.2. The topological polar surface area (TPSA) is 115 Å². The van der Waals surface area contributed by atoms with E-state index < -0.39 is 23.7 Å². The van der Waals surface area contributed by atoms with E-state index in [1.807, 2.05) is 0 Å². The highest BCUT2D eigenvalue weighted by atomic mass is 16.6. The Morgan fingerprint density at radius 2 is 1.68 bits per heavy atom. The summed E-state index contributed by atoms with van der Waals surface area (Å²) in [4.78, 5) is 43.9. The number of carbonyl (C=O) groups excluding carboxylic acids is 3. The van der Waals surface area contributed by atoms with Gasteiger partial charge < -0.3 is 24.2 Å². The number of pyridine rings is 1. The van der Waals surface area contributed by atoms with Gasteiger partial charge in [0.1, 0.15) is 19.0 Å². The molecule has 9 heteroatoms. The number of fused-ring (bicyclic) bond motifs is 1. The number of nitrogens with zero attached hydrogens (tertiary/aromatic N) is 2. The van der Waals surface area contributed by atoms with E-state index >= 15 is 0 Å². The van der Waals surface area contributed by atoms with Crippen molar-refractivity contribution in [2.75, 3.05) is 19.8 Å². The number of hydrogen-bond acceptors (Lipinski definition) is 8. The molecule has 1 amide bonds. The Morgan fingerprint density at radius 1 is 1.00 bits per heavy atom. The highest BCUT2D eigenvalue weighted by Gasteiger charge is 2.46. The van der Waals surface area contributed by atoms with Crippen LogP contribution in [0.3, 0.4) is 0 Å². The van der Waals surface area contributed by atoms with Gasteiger partial charge in [-0.25, -0.2) is 4.79 Å². The molecule has 2 aromatic carbocycles. The number of aromatic nitrogens is 1. The molecular weight excluding hydrogens is 476 g/mol. The van der Waals surface area contributed by atoms with E-state index in [0.29, 0.717) is 47.0 Å². The van der Waals surface area contributed by atoms with Gasteiger partial charge in [-0.3, -0.25) is 14.6 Å². The van der Waals surface area contributed by atoms with Crippen molar-refractivity contribution in [1.29, 1.82) is 0 Å². The van der Waals surface area contributed by atoms with Crippen LogP contribution in [0.25, 0.3) is 5.76 Å². The van der Waals surface area contributed by atoms with Gasteiger partial charge >= 0.3 is 5.97 Å². The van der Waals surface area contributed by atoms with Crippen molar-refractivity contribution in [2.24, 2.45) is 0 Å². The molecule has 3 heterocycles. The van der Waals surface area contributed by atoms with Crippen LogP contribution in [0.15, 0.2) is 72.6 Å². The fraction of sp³-hybridized carbons (Fsp3) is 0.214. The lowest BCUT2D eigenvalue weighted by molar-refractivity contribution is -0.140. The maximum absolute atomic E-state index is 13.3. The smallest absolute Gasteiger partial charge is 0.338 e. The van der Waals surface area contributed by atoms with Gasteiger partial charge in [-0.1, -0.05) is 12.1 Å². The Balaban J connectivity index is 1.53. The molecule has 1 unspecified atom stereocenters. The predicted octanol–water partition coefficient (Wildman–Crippen LogP) is 3.65. The van der Waals surface area contributed by atoms with Crippen LogP contribution in [0.5, 0.6) is 11.5 Å². The van der Waals surface area contributed by atoms with Crippen molar-refractivity contribution in [3.63, 3.8) is 0 Å². The van der Waals surface area contributed by atoms with E-state index in [0.717, 1.165) is 0 Å². The van der Waals surface area contributed by atoms with Gasteiger partial charge in [0, 0.05) is 24.5 Å². The Hall–Kier alpha value is -4.66. The Bertz CT molecular complexity index is 1380. The number of esters is 1. The highest BCUT2D eigenvalue weighted by Crippen LogP contribution is 2.41. The second-order valence-corrected chi connectivity index (χ2v) is 8.48. The molecule has 3 aromatic rings. The van der Waals surface area contributed by atoms with Crippen molar-refractivity contribution >= 4 is 23.4 Å². The molecule has 1 N–H and O–H groups in total. The van der Waals surface area contributed by atoms with Gasteiger partial charge in [-0.2, -0.15) is 0 Å². The molecule has 2 aliphatic rings. The molecule has 1 fully saturated rings. The summed E-state index contributed by atoms with van der Waals surface area (Å²) in [5.74, 6) is -1.29. The fourth-order valence-corrected chi connectivity index (χ4v) is 4.44. The average Bonchev–Trinajstić information content (AvgIpc) is 3.18. The minimum absolute atomic E-state index is 0.0315. The summed E-state index contributed by atoms with van der Waals surface area (Å²) in [6.07, 6.45) is 3.13. The standard InChI is InChI=1S/C28H24N2O7/c1-2-35-28(34)19-5-3-17(4-6-19)16-30-24(18-9-11-29-12-10-18)23(26(32)27(30)33)25(31)20-7-8-21-22(15-20)37-14-13-36-21/h3-12,15,24,31H,2,13-14,16H2,1H3/b25-23-. The lowest BCUT2D eigenvalue weighted by Gasteiger charge is -2.25. The first-order chi connectivity index (χ1) is 18.0. The number of ether oxygens (including phenoxy) is 3. The normalized spacial score (nSPS) is 18.1. The Labute approximate surface area is 212 Å². The molecule has 9 nitrogen and oxygen atoms in total. The first-order valence-corrected chi connectivity index (χ1v) is 11.8. The summed E-state index contributed by atoms with van der Waals surface area (Å²) in [7, 11) is 0. The van der Waals surface area contributed by atoms with Crippen LogP contribution < -0.4 is 9.47 Å². The van der Waals surface area contributed by atoms with Crippen molar-refractivity contribution in [1.82, 2.24) is 9.88 Å². The van der Waals surface area contributed by atoms with Crippen LogP contribution in [0, 0.1) is 0 Å². The van der Waals surface area contributed by atoms with Crippen LogP contribution in [0.1, 0.15) is 40.0 Å². The van der Waals surface area contributed by atoms with Crippen molar-refractivity contribution < 1.29 is 33.7 Å². The van der Waals surface area contributed by atoms with Gasteiger partial charge in [-0.05, 0) is 60.5 Å². The lowest BCUT2D eigenvalue weighted by atomic mass is 9.95. The SMILES string of the molecule is CCOC(=O)c1ccc(CN2C(=O)C(=O)/C(=C(\O)c3ccc4c(c3)OCCO4)C2c2ccncc2)cc1. The van der Waals surface area contributed by atoms with Gasteiger partial charge in [0.2, 0.25) is 0 Å². The molecule has 37 heavy (non-hydrogen) atoms. The number of ketones is 1. The number of aliphatic hydroxyl groups is 1. The first-order valence-electron chi connectivity index (χ1n) is 11.8. The van der Waals surface area contributed by atoms with Crippen LogP contribution in [0.2, 0.25) is 0 Å². The van der Waals surface area contributed by atoms with Crippen LogP contribution in [-0.2, 0) is 20.9 Å². The summed E-state index contributed by atoms with van der Waals surface area (Å²) in [6.45, 7) is 2.87. The second-order valence-electron chi connectivity index (χ2n) is 8.48. The fourth-order valence-electron chi connectivity index (χ4n) is 4.44. The quantitative estimate of drug-likeness (QED) is 0.236. The lowest BCUT2D eigenvalue weighted by Crippen LogP contribution is -2.29. The number of benzene rings is 2. The molecule has 0 bridgehead atoms. The van der Waals surface area contributed by atoms with Gasteiger partial charge in [0.05, 0.1) is 23.8 Å². The number of amides is 1. The minimum Gasteiger partial charge on any atom is -0.507 e. The van der Waals surface area contributed by atoms with Crippen LogP contribution in [-0.4, -0.2) is 52.5 Å². The van der Waals surface area contributed by atoms with Gasteiger partial charge in [0.15, 0.2) is 11.5 Å². The summed E-state index contributed by atoms with van der Waals surface area (Å²) >= 11 is 0. The first kappa shape index (κ1) is 24.1. The third kappa shape index (κ3) is 4.63.